The largest absolute Gasteiger partial charge is 0.393 e. The summed E-state index contributed by atoms with van der Waals surface area (Å²) in [5.74, 6) is -0.415. The van der Waals surface area contributed by atoms with E-state index < -0.39 is 0 Å². The fraction of sp³-hybridized carbons (Fsp3) is 0.545. The lowest BCUT2D eigenvalue weighted by Crippen LogP contribution is -2.38. The Kier molecular flexibility index (Phi) is 6.07. The summed E-state index contributed by atoms with van der Waals surface area (Å²) in [5.41, 5.74) is 5.55. The molecule has 3 N–H and O–H groups in total. The highest BCUT2D eigenvalue weighted by atomic mass is 32.1. The van der Waals surface area contributed by atoms with Crippen molar-refractivity contribution in [1.82, 2.24) is 10.3 Å². The van der Waals surface area contributed by atoms with E-state index in [0.717, 1.165) is 17.8 Å². The van der Waals surface area contributed by atoms with Crippen LogP contribution in [0.25, 0.3) is 0 Å². The smallest absolute Gasteiger partial charge is 0.229 e. The van der Waals surface area contributed by atoms with Gasteiger partial charge < -0.3 is 11.1 Å². The van der Waals surface area contributed by atoms with Gasteiger partial charge in [-0.2, -0.15) is 0 Å². The average Bonchev–Trinajstić information content (AvgIpc) is 2.78. The van der Waals surface area contributed by atoms with Gasteiger partial charge >= 0.3 is 0 Å². The summed E-state index contributed by atoms with van der Waals surface area (Å²) in [6, 6.07) is 0. The molecule has 0 fully saturated rings. The molecule has 1 atom stereocenters. The molecule has 6 heteroatoms. The van der Waals surface area contributed by atoms with Crippen LogP contribution in [0.2, 0.25) is 0 Å². The molecule has 1 heterocycles. The minimum absolute atomic E-state index is 0.0732. The SMILES string of the molecule is CCCC(C(=O)NCCc1nccs1)C(N)=S. The van der Waals surface area contributed by atoms with Crippen LogP contribution in [-0.4, -0.2) is 22.4 Å². The van der Waals surface area contributed by atoms with Crippen LogP contribution in [0.5, 0.6) is 0 Å². The van der Waals surface area contributed by atoms with Crippen molar-refractivity contribution in [2.75, 3.05) is 6.54 Å². The number of nitrogens with two attached hydrogens (primary N) is 1. The first-order valence-corrected chi connectivity index (χ1v) is 6.89. The Hall–Kier alpha value is -1.01. The van der Waals surface area contributed by atoms with Gasteiger partial charge in [0.2, 0.25) is 5.91 Å². The van der Waals surface area contributed by atoms with Crippen LogP contribution < -0.4 is 11.1 Å². The average molecular weight is 271 g/mol. The van der Waals surface area contributed by atoms with Crippen molar-refractivity contribution >= 4 is 34.5 Å². The zero-order valence-electron chi connectivity index (χ0n) is 9.81. The number of hydrogen-bond donors (Lipinski definition) is 2. The molecule has 1 aromatic rings. The molecule has 0 aromatic carbocycles. The molecule has 0 aliphatic heterocycles. The fourth-order valence-corrected chi connectivity index (χ4v) is 2.33. The van der Waals surface area contributed by atoms with Gasteiger partial charge in [-0.1, -0.05) is 25.6 Å². The number of nitrogens with one attached hydrogen (secondary N) is 1. The minimum atomic E-state index is -0.341. The number of rotatable bonds is 7. The first-order valence-electron chi connectivity index (χ1n) is 5.60. The quantitative estimate of drug-likeness (QED) is 0.738. The van der Waals surface area contributed by atoms with Gasteiger partial charge in [-0.3, -0.25) is 4.79 Å². The molecule has 0 aliphatic carbocycles. The van der Waals surface area contributed by atoms with Gasteiger partial charge in [-0.15, -0.1) is 11.3 Å². The van der Waals surface area contributed by atoms with E-state index in [9.17, 15) is 4.79 Å². The van der Waals surface area contributed by atoms with Crippen LogP contribution in [0, 0.1) is 5.92 Å². The standard InChI is InChI=1S/C11H17N3OS2/c1-2-3-8(10(12)16)11(15)14-5-4-9-13-6-7-17-9/h6-8H,2-5H2,1H3,(H2,12,16)(H,14,15). The fourth-order valence-electron chi connectivity index (χ4n) is 1.48. The Bertz CT molecular complexity index is 365. The molecule has 0 saturated carbocycles. The number of thiazole rings is 1. The Labute approximate surface area is 111 Å². The zero-order chi connectivity index (χ0) is 12.7. The van der Waals surface area contributed by atoms with E-state index in [-0.39, 0.29) is 16.8 Å². The Morgan fingerprint density at radius 2 is 2.47 bits per heavy atom. The van der Waals surface area contributed by atoms with Crippen molar-refractivity contribution in [2.45, 2.75) is 26.2 Å². The molecule has 1 unspecified atom stereocenters. The van der Waals surface area contributed by atoms with Crippen molar-refractivity contribution in [3.63, 3.8) is 0 Å². The second-order valence-electron chi connectivity index (χ2n) is 3.71. The van der Waals surface area contributed by atoms with Crippen LogP contribution in [0.4, 0.5) is 0 Å². The zero-order valence-corrected chi connectivity index (χ0v) is 11.4. The molecular weight excluding hydrogens is 254 g/mol. The van der Waals surface area contributed by atoms with Crippen LogP contribution in [-0.2, 0) is 11.2 Å². The number of nitrogens with zero attached hydrogens (tertiary/aromatic N) is 1. The van der Waals surface area contributed by atoms with E-state index in [4.69, 9.17) is 18.0 Å². The van der Waals surface area contributed by atoms with Gasteiger partial charge in [0, 0.05) is 24.5 Å². The molecule has 94 valence electrons. The first-order chi connectivity index (χ1) is 8.15. The summed E-state index contributed by atoms with van der Waals surface area (Å²) in [6.07, 6.45) is 4.11. The molecule has 1 rings (SSSR count). The van der Waals surface area contributed by atoms with E-state index in [1.54, 1.807) is 17.5 Å². The normalized spacial score (nSPS) is 12.1. The predicted molar refractivity (Wildman–Crippen MR) is 74.0 cm³/mol. The highest BCUT2D eigenvalue weighted by Crippen LogP contribution is 2.07. The first kappa shape index (κ1) is 14.1. The maximum Gasteiger partial charge on any atom is 0.229 e. The number of amides is 1. The number of thiocarbonyl (C=S) groups is 1. The summed E-state index contributed by atoms with van der Waals surface area (Å²) in [5, 5.41) is 5.79. The van der Waals surface area contributed by atoms with Gasteiger partial charge in [0.05, 0.1) is 15.9 Å². The van der Waals surface area contributed by atoms with Crippen LogP contribution in [0.1, 0.15) is 24.8 Å². The minimum Gasteiger partial charge on any atom is -0.393 e. The van der Waals surface area contributed by atoms with Gasteiger partial charge in [-0.25, -0.2) is 4.98 Å². The topological polar surface area (TPSA) is 68.0 Å². The third kappa shape index (κ3) is 4.79. The Morgan fingerprint density at radius 3 is 3.00 bits per heavy atom. The highest BCUT2D eigenvalue weighted by molar-refractivity contribution is 7.80. The number of aromatic nitrogens is 1. The third-order valence-electron chi connectivity index (χ3n) is 2.36. The molecule has 0 saturated heterocycles. The number of carbonyl (C=O) groups excluding carboxylic acids is 1. The lowest BCUT2D eigenvalue weighted by Gasteiger charge is -2.14. The molecule has 0 bridgehead atoms. The summed E-state index contributed by atoms with van der Waals surface area (Å²) in [6.45, 7) is 2.59. The van der Waals surface area contributed by atoms with Crippen molar-refractivity contribution in [3.05, 3.63) is 16.6 Å². The summed E-state index contributed by atoms with van der Waals surface area (Å²) >= 11 is 6.48. The second kappa shape index (κ2) is 7.34. The summed E-state index contributed by atoms with van der Waals surface area (Å²) < 4.78 is 0. The third-order valence-corrected chi connectivity index (χ3v) is 3.48. The molecule has 4 nitrogen and oxygen atoms in total. The molecule has 0 radical (unpaired) electrons. The van der Waals surface area contributed by atoms with Crippen LogP contribution in [0.15, 0.2) is 11.6 Å². The highest BCUT2D eigenvalue weighted by Gasteiger charge is 2.19. The lowest BCUT2D eigenvalue weighted by molar-refractivity contribution is -0.123. The van der Waals surface area contributed by atoms with E-state index in [2.05, 4.69) is 10.3 Å². The summed E-state index contributed by atoms with van der Waals surface area (Å²) in [4.78, 5) is 16.2. The Morgan fingerprint density at radius 1 is 1.71 bits per heavy atom. The second-order valence-corrected chi connectivity index (χ2v) is 5.16. The predicted octanol–water partition coefficient (Wildman–Crippen LogP) is 1.50. The number of hydrogen-bond acceptors (Lipinski definition) is 4. The van der Waals surface area contributed by atoms with Crippen LogP contribution in [0.3, 0.4) is 0 Å². The van der Waals surface area contributed by atoms with Crippen molar-refractivity contribution < 1.29 is 4.79 Å². The van der Waals surface area contributed by atoms with Gasteiger partial charge in [0.15, 0.2) is 0 Å². The van der Waals surface area contributed by atoms with Crippen molar-refractivity contribution in [3.8, 4) is 0 Å². The van der Waals surface area contributed by atoms with E-state index in [1.807, 2.05) is 12.3 Å². The van der Waals surface area contributed by atoms with Gasteiger partial charge in [0.25, 0.3) is 0 Å². The Balaban J connectivity index is 2.34. The van der Waals surface area contributed by atoms with Gasteiger partial charge in [-0.05, 0) is 6.42 Å². The van der Waals surface area contributed by atoms with E-state index in [0.29, 0.717) is 13.0 Å². The molecule has 0 spiro atoms. The number of carbonyl (C=O) groups is 1. The van der Waals surface area contributed by atoms with Crippen molar-refractivity contribution in [1.29, 1.82) is 0 Å². The molecule has 1 amide bonds. The maximum atomic E-state index is 11.8. The van der Waals surface area contributed by atoms with Gasteiger partial charge in [0.1, 0.15) is 0 Å². The lowest BCUT2D eigenvalue weighted by atomic mass is 10.0. The van der Waals surface area contributed by atoms with Crippen LogP contribution >= 0.6 is 23.6 Å². The monoisotopic (exact) mass is 271 g/mol. The van der Waals surface area contributed by atoms with E-state index in [1.165, 1.54) is 0 Å². The molecule has 1 aromatic heterocycles. The molecular formula is C11H17N3OS2. The summed E-state index contributed by atoms with van der Waals surface area (Å²) in [7, 11) is 0. The van der Waals surface area contributed by atoms with Crippen molar-refractivity contribution in [2.24, 2.45) is 11.7 Å². The van der Waals surface area contributed by atoms with E-state index >= 15 is 0 Å². The maximum absolute atomic E-state index is 11.8. The molecule has 0 aliphatic rings. The molecule has 17 heavy (non-hydrogen) atoms.